The van der Waals surface area contributed by atoms with E-state index in [1.807, 2.05) is 30.3 Å². The Morgan fingerprint density at radius 1 is 0.950 bits per heavy atom. The first-order valence-electron chi connectivity index (χ1n) is 6.15. The molecule has 0 aliphatic carbocycles. The third-order valence-electron chi connectivity index (χ3n) is 2.69. The highest BCUT2D eigenvalue weighted by atomic mass is 35.5. The SMILES string of the molecule is COc1ccc(OCCNc2c(Cl)cccc2Cl)cc1. The van der Waals surface area contributed by atoms with Crippen LogP contribution in [0.4, 0.5) is 5.69 Å². The standard InChI is InChI=1S/C15H15Cl2NO2/c1-19-11-5-7-12(8-6-11)20-10-9-18-15-13(16)3-2-4-14(15)17/h2-8,18H,9-10H2,1H3. The molecule has 2 rings (SSSR count). The normalized spacial score (nSPS) is 10.2. The summed E-state index contributed by atoms with van der Waals surface area (Å²) in [5.74, 6) is 1.59. The lowest BCUT2D eigenvalue weighted by molar-refractivity contribution is 0.332. The van der Waals surface area contributed by atoms with E-state index in [4.69, 9.17) is 32.7 Å². The maximum atomic E-state index is 6.06. The molecule has 2 aromatic rings. The number of nitrogens with one attached hydrogen (secondary N) is 1. The van der Waals surface area contributed by atoms with Crippen LogP contribution in [0.1, 0.15) is 0 Å². The molecule has 20 heavy (non-hydrogen) atoms. The zero-order valence-corrected chi connectivity index (χ0v) is 12.5. The number of rotatable bonds is 6. The van der Waals surface area contributed by atoms with Crippen LogP contribution >= 0.6 is 23.2 Å². The van der Waals surface area contributed by atoms with Crippen molar-refractivity contribution >= 4 is 28.9 Å². The maximum absolute atomic E-state index is 6.06. The van der Waals surface area contributed by atoms with Crippen molar-refractivity contribution in [2.45, 2.75) is 0 Å². The maximum Gasteiger partial charge on any atom is 0.119 e. The monoisotopic (exact) mass is 311 g/mol. The number of ether oxygens (including phenoxy) is 2. The summed E-state index contributed by atoms with van der Waals surface area (Å²) in [4.78, 5) is 0. The van der Waals surface area contributed by atoms with Crippen molar-refractivity contribution in [1.82, 2.24) is 0 Å². The van der Waals surface area contributed by atoms with Gasteiger partial charge in [-0.1, -0.05) is 29.3 Å². The Morgan fingerprint density at radius 3 is 2.15 bits per heavy atom. The lowest BCUT2D eigenvalue weighted by Crippen LogP contribution is -2.12. The molecule has 0 amide bonds. The predicted octanol–water partition coefficient (Wildman–Crippen LogP) is 4.49. The Bertz CT molecular complexity index is 538. The Hall–Kier alpha value is -1.58. The van der Waals surface area contributed by atoms with Crippen molar-refractivity contribution in [3.8, 4) is 11.5 Å². The Morgan fingerprint density at radius 2 is 1.55 bits per heavy atom. The minimum Gasteiger partial charge on any atom is -0.497 e. The van der Waals surface area contributed by atoms with E-state index in [9.17, 15) is 0 Å². The number of benzene rings is 2. The van der Waals surface area contributed by atoms with Gasteiger partial charge in [0.2, 0.25) is 0 Å². The van der Waals surface area contributed by atoms with Crippen molar-refractivity contribution in [3.05, 3.63) is 52.5 Å². The first kappa shape index (κ1) is 14.8. The Labute approximate surface area is 128 Å². The molecule has 0 atom stereocenters. The van der Waals surface area contributed by atoms with E-state index in [1.165, 1.54) is 0 Å². The third-order valence-corrected chi connectivity index (χ3v) is 3.32. The van der Waals surface area contributed by atoms with Crippen LogP contribution in [-0.2, 0) is 0 Å². The van der Waals surface area contributed by atoms with Gasteiger partial charge in [0.25, 0.3) is 0 Å². The number of anilines is 1. The molecule has 3 nitrogen and oxygen atoms in total. The number of para-hydroxylation sites is 1. The molecule has 106 valence electrons. The quantitative estimate of drug-likeness (QED) is 0.797. The zero-order valence-electron chi connectivity index (χ0n) is 11.0. The molecule has 0 spiro atoms. The average Bonchev–Trinajstić information content (AvgIpc) is 2.46. The highest BCUT2D eigenvalue weighted by Crippen LogP contribution is 2.29. The van der Waals surface area contributed by atoms with E-state index in [0.717, 1.165) is 17.2 Å². The van der Waals surface area contributed by atoms with Crippen LogP contribution in [0.15, 0.2) is 42.5 Å². The van der Waals surface area contributed by atoms with Crippen LogP contribution in [0.5, 0.6) is 11.5 Å². The molecule has 5 heteroatoms. The van der Waals surface area contributed by atoms with Crippen LogP contribution in [0.25, 0.3) is 0 Å². The van der Waals surface area contributed by atoms with Crippen molar-refractivity contribution in [1.29, 1.82) is 0 Å². The van der Waals surface area contributed by atoms with E-state index in [0.29, 0.717) is 23.2 Å². The molecule has 0 aliphatic rings. The van der Waals surface area contributed by atoms with E-state index in [-0.39, 0.29) is 0 Å². The van der Waals surface area contributed by atoms with Crippen LogP contribution in [0.3, 0.4) is 0 Å². The van der Waals surface area contributed by atoms with Crippen molar-refractivity contribution in [2.75, 3.05) is 25.6 Å². The van der Waals surface area contributed by atoms with Gasteiger partial charge in [-0.3, -0.25) is 0 Å². The average molecular weight is 312 g/mol. The molecule has 0 aliphatic heterocycles. The fourth-order valence-corrected chi connectivity index (χ4v) is 2.21. The minimum absolute atomic E-state index is 0.508. The van der Waals surface area contributed by atoms with Crippen molar-refractivity contribution in [2.24, 2.45) is 0 Å². The smallest absolute Gasteiger partial charge is 0.119 e. The van der Waals surface area contributed by atoms with Gasteiger partial charge in [0.05, 0.1) is 22.8 Å². The molecule has 1 N–H and O–H groups in total. The van der Waals surface area contributed by atoms with Gasteiger partial charge in [0, 0.05) is 6.54 Å². The summed E-state index contributed by atoms with van der Waals surface area (Å²) in [5.41, 5.74) is 0.731. The van der Waals surface area contributed by atoms with Gasteiger partial charge in [-0.15, -0.1) is 0 Å². The predicted molar refractivity (Wildman–Crippen MR) is 83.4 cm³/mol. The number of methoxy groups -OCH3 is 1. The summed E-state index contributed by atoms with van der Waals surface area (Å²) in [6.07, 6.45) is 0. The largest absolute Gasteiger partial charge is 0.497 e. The Balaban J connectivity index is 1.81. The topological polar surface area (TPSA) is 30.5 Å². The molecule has 0 radical (unpaired) electrons. The van der Waals surface area contributed by atoms with Crippen LogP contribution < -0.4 is 14.8 Å². The summed E-state index contributed by atoms with van der Waals surface area (Å²) < 4.78 is 10.7. The van der Waals surface area contributed by atoms with E-state index < -0.39 is 0 Å². The molecule has 0 fully saturated rings. The third kappa shape index (κ3) is 3.95. The zero-order chi connectivity index (χ0) is 14.4. The second-order valence-corrected chi connectivity index (χ2v) is 4.86. The van der Waals surface area contributed by atoms with Gasteiger partial charge in [-0.05, 0) is 36.4 Å². The second-order valence-electron chi connectivity index (χ2n) is 4.05. The van der Waals surface area contributed by atoms with Crippen molar-refractivity contribution in [3.63, 3.8) is 0 Å². The number of hydrogen-bond donors (Lipinski definition) is 1. The van der Waals surface area contributed by atoms with Gasteiger partial charge >= 0.3 is 0 Å². The fraction of sp³-hybridized carbons (Fsp3) is 0.200. The summed E-state index contributed by atoms with van der Waals surface area (Å²) in [5, 5.41) is 4.36. The highest BCUT2D eigenvalue weighted by Gasteiger charge is 2.04. The molecular weight excluding hydrogens is 297 g/mol. The second kappa shape index (κ2) is 7.27. The van der Waals surface area contributed by atoms with Gasteiger partial charge in [0.15, 0.2) is 0 Å². The Kier molecular flexibility index (Phi) is 5.39. The van der Waals surface area contributed by atoms with E-state index in [1.54, 1.807) is 19.2 Å². The van der Waals surface area contributed by atoms with Gasteiger partial charge in [-0.2, -0.15) is 0 Å². The molecule has 0 bridgehead atoms. The van der Waals surface area contributed by atoms with Gasteiger partial charge in [0.1, 0.15) is 18.1 Å². The van der Waals surface area contributed by atoms with E-state index >= 15 is 0 Å². The molecule has 0 saturated heterocycles. The van der Waals surface area contributed by atoms with Gasteiger partial charge < -0.3 is 14.8 Å². The van der Waals surface area contributed by atoms with Crippen molar-refractivity contribution < 1.29 is 9.47 Å². The molecule has 0 aromatic heterocycles. The lowest BCUT2D eigenvalue weighted by Gasteiger charge is -2.11. The number of halogens is 2. The molecule has 2 aromatic carbocycles. The number of hydrogen-bond acceptors (Lipinski definition) is 3. The summed E-state index contributed by atoms with van der Waals surface area (Å²) in [6.45, 7) is 1.11. The lowest BCUT2D eigenvalue weighted by atomic mass is 10.3. The first-order chi connectivity index (χ1) is 9.70. The fourth-order valence-electron chi connectivity index (χ4n) is 1.68. The van der Waals surface area contributed by atoms with E-state index in [2.05, 4.69) is 5.32 Å². The summed E-state index contributed by atoms with van der Waals surface area (Å²) in [6, 6.07) is 12.8. The molecule has 0 saturated carbocycles. The molecule has 0 heterocycles. The van der Waals surface area contributed by atoms with Crippen LogP contribution in [0, 0.1) is 0 Å². The molecular formula is C15H15Cl2NO2. The molecule has 0 unspecified atom stereocenters. The van der Waals surface area contributed by atoms with Crippen LogP contribution in [0.2, 0.25) is 10.0 Å². The first-order valence-corrected chi connectivity index (χ1v) is 6.91. The minimum atomic E-state index is 0.508. The van der Waals surface area contributed by atoms with Gasteiger partial charge in [-0.25, -0.2) is 0 Å². The summed E-state index contributed by atoms with van der Waals surface area (Å²) in [7, 11) is 1.63. The highest BCUT2D eigenvalue weighted by molar-refractivity contribution is 6.39. The summed E-state index contributed by atoms with van der Waals surface area (Å²) >= 11 is 12.1. The van der Waals surface area contributed by atoms with Crippen LogP contribution in [-0.4, -0.2) is 20.3 Å².